The third-order valence-corrected chi connectivity index (χ3v) is 11.6. The Hall–Kier alpha value is -1.64. The maximum absolute atomic E-state index is 6.43. The molecule has 4 N–H and O–H groups in total. The highest BCUT2D eigenvalue weighted by Crippen LogP contribution is 2.67. The van der Waals surface area contributed by atoms with E-state index in [2.05, 4.69) is 46.8 Å². The third-order valence-electron chi connectivity index (χ3n) is 11.6. The van der Waals surface area contributed by atoms with Crippen LogP contribution >= 0.6 is 0 Å². The quantitative estimate of drug-likeness (QED) is 0.296. The lowest BCUT2D eigenvalue weighted by atomic mass is 9.46. The lowest BCUT2D eigenvalue weighted by molar-refractivity contribution is -0.0782. The average Bonchev–Trinajstić information content (AvgIpc) is 3.18. The Morgan fingerprint density at radius 2 is 1.67 bits per heavy atom. The Labute approximate surface area is 220 Å². The first-order valence-corrected chi connectivity index (χ1v) is 15.1. The summed E-state index contributed by atoms with van der Waals surface area (Å²) in [7, 11) is 0. The zero-order chi connectivity index (χ0) is 25.7. The summed E-state index contributed by atoms with van der Waals surface area (Å²) in [6.07, 6.45) is 19.0. The fraction of sp³-hybridized carbons (Fsp3) is 0.758. The first kappa shape index (κ1) is 26.0. The van der Waals surface area contributed by atoms with Crippen molar-refractivity contribution in [3.8, 4) is 5.75 Å². The second-order valence-electron chi connectivity index (χ2n) is 14.1. The summed E-state index contributed by atoms with van der Waals surface area (Å²) in [5.74, 6) is 6.54. The largest absolute Gasteiger partial charge is 0.488 e. The number of allylic oxidation sites excluding steroid dienone is 2. The van der Waals surface area contributed by atoms with E-state index >= 15 is 0 Å². The first-order valence-electron chi connectivity index (χ1n) is 15.1. The molecule has 0 aromatic heterocycles. The molecule has 9 atom stereocenters. The monoisotopic (exact) mass is 492 g/mol. The standard InChI is InChI=1S/C33H52N2O/c1-21(2)7-6-8-22(3)27-12-13-28-26-11-9-23-19-25(36-31-14-10-24(34)20-30(31)35)15-17-32(23,4)29(26)16-18-33(27,28)5/h9-11,14,20-23,25-29H,6-8,12-13,15-19,34-35H2,1-5H3/t22?,23?,25?,26?,27?,28?,29?,32?,33-/m1/s1. The summed E-state index contributed by atoms with van der Waals surface area (Å²) in [6, 6.07) is 5.64. The van der Waals surface area contributed by atoms with Gasteiger partial charge in [0.15, 0.2) is 0 Å². The van der Waals surface area contributed by atoms with Crippen LogP contribution in [0.2, 0.25) is 0 Å². The molecule has 0 radical (unpaired) electrons. The van der Waals surface area contributed by atoms with Crippen molar-refractivity contribution in [3.05, 3.63) is 30.4 Å². The molecule has 3 saturated carbocycles. The van der Waals surface area contributed by atoms with E-state index in [1.807, 2.05) is 18.2 Å². The lowest BCUT2D eigenvalue weighted by Crippen LogP contribution is -2.52. The molecule has 0 amide bonds. The minimum atomic E-state index is 0.242. The third kappa shape index (κ3) is 4.58. The molecular formula is C33H52N2O. The fourth-order valence-electron chi connectivity index (χ4n) is 9.57. The Kier molecular flexibility index (Phi) is 7.16. The molecule has 0 heterocycles. The summed E-state index contributed by atoms with van der Waals surface area (Å²) >= 11 is 0. The number of anilines is 2. The molecule has 36 heavy (non-hydrogen) atoms. The summed E-state index contributed by atoms with van der Waals surface area (Å²) < 4.78 is 6.43. The van der Waals surface area contributed by atoms with Crippen LogP contribution in [0.3, 0.4) is 0 Å². The number of nitrogen functional groups attached to an aromatic ring is 2. The highest BCUT2D eigenvalue weighted by Gasteiger charge is 2.59. The van der Waals surface area contributed by atoms with Crippen molar-refractivity contribution in [2.75, 3.05) is 11.5 Å². The summed E-state index contributed by atoms with van der Waals surface area (Å²) in [6.45, 7) is 12.6. The Morgan fingerprint density at radius 1 is 0.917 bits per heavy atom. The SMILES string of the molecule is CC(C)CCCC(C)C1CCC2C3C=CC4CC(Oc5ccc(N)cc5N)CCC4(C)C3CC[C@]12C. The molecular weight excluding hydrogens is 440 g/mol. The average molecular weight is 493 g/mol. The van der Waals surface area contributed by atoms with Crippen LogP contribution in [0.5, 0.6) is 5.75 Å². The van der Waals surface area contributed by atoms with Gasteiger partial charge in [-0.3, -0.25) is 0 Å². The number of ether oxygens (including phenoxy) is 1. The van der Waals surface area contributed by atoms with Crippen LogP contribution in [-0.4, -0.2) is 6.10 Å². The van der Waals surface area contributed by atoms with Gasteiger partial charge in [0.1, 0.15) is 5.75 Å². The molecule has 1 aromatic carbocycles. The van der Waals surface area contributed by atoms with Gasteiger partial charge in [-0.2, -0.15) is 0 Å². The van der Waals surface area contributed by atoms with E-state index < -0.39 is 0 Å². The minimum Gasteiger partial charge on any atom is -0.488 e. The normalized spacial score (nSPS) is 40.4. The maximum atomic E-state index is 6.43. The van der Waals surface area contributed by atoms with Crippen molar-refractivity contribution < 1.29 is 4.74 Å². The smallest absolute Gasteiger partial charge is 0.142 e. The van der Waals surface area contributed by atoms with Gasteiger partial charge in [-0.25, -0.2) is 0 Å². The molecule has 3 nitrogen and oxygen atoms in total. The molecule has 3 fully saturated rings. The Morgan fingerprint density at radius 3 is 2.42 bits per heavy atom. The number of benzene rings is 1. The van der Waals surface area contributed by atoms with Crippen molar-refractivity contribution in [2.24, 2.45) is 52.3 Å². The fourth-order valence-corrected chi connectivity index (χ4v) is 9.57. The molecule has 4 aliphatic carbocycles. The van der Waals surface area contributed by atoms with Gasteiger partial charge < -0.3 is 16.2 Å². The van der Waals surface area contributed by atoms with Gasteiger partial charge in [-0.15, -0.1) is 0 Å². The summed E-state index contributed by atoms with van der Waals surface area (Å²) in [5.41, 5.74) is 14.4. The minimum absolute atomic E-state index is 0.242. The van der Waals surface area contributed by atoms with E-state index in [0.717, 1.165) is 54.1 Å². The van der Waals surface area contributed by atoms with E-state index in [1.54, 1.807) is 0 Å². The van der Waals surface area contributed by atoms with Crippen molar-refractivity contribution in [1.29, 1.82) is 0 Å². The zero-order valence-electron chi connectivity index (χ0n) is 23.6. The second kappa shape index (κ2) is 9.91. The van der Waals surface area contributed by atoms with Crippen molar-refractivity contribution in [3.63, 3.8) is 0 Å². The van der Waals surface area contributed by atoms with Crippen LogP contribution in [0, 0.1) is 52.3 Å². The molecule has 0 aliphatic heterocycles. The topological polar surface area (TPSA) is 61.3 Å². The molecule has 4 aliphatic rings. The van der Waals surface area contributed by atoms with Crippen LogP contribution in [0.1, 0.15) is 98.8 Å². The number of hydrogen-bond acceptors (Lipinski definition) is 3. The number of nitrogens with two attached hydrogens (primary N) is 2. The van der Waals surface area contributed by atoms with Gasteiger partial charge in [0.05, 0.1) is 11.8 Å². The van der Waals surface area contributed by atoms with E-state index in [4.69, 9.17) is 16.2 Å². The van der Waals surface area contributed by atoms with E-state index in [9.17, 15) is 0 Å². The maximum Gasteiger partial charge on any atom is 0.142 e. The number of rotatable bonds is 7. The Bertz CT molecular complexity index is 955. The molecule has 5 rings (SSSR count). The van der Waals surface area contributed by atoms with E-state index in [0.29, 0.717) is 28.1 Å². The highest BCUT2D eigenvalue weighted by atomic mass is 16.5. The molecule has 0 spiro atoms. The molecule has 0 bridgehead atoms. The van der Waals surface area contributed by atoms with E-state index in [-0.39, 0.29) is 6.10 Å². The van der Waals surface area contributed by atoms with Crippen LogP contribution in [0.25, 0.3) is 0 Å². The van der Waals surface area contributed by atoms with Crippen LogP contribution in [-0.2, 0) is 0 Å². The molecule has 1 aromatic rings. The predicted octanol–water partition coefficient (Wildman–Crippen LogP) is 8.50. The van der Waals surface area contributed by atoms with Crippen LogP contribution < -0.4 is 16.2 Å². The number of fused-ring (bicyclic) bond motifs is 5. The lowest BCUT2D eigenvalue weighted by Gasteiger charge is -2.59. The van der Waals surface area contributed by atoms with Crippen molar-refractivity contribution in [1.82, 2.24) is 0 Å². The van der Waals surface area contributed by atoms with Crippen LogP contribution in [0.4, 0.5) is 11.4 Å². The molecule has 3 heteroatoms. The summed E-state index contributed by atoms with van der Waals surface area (Å²) in [5, 5.41) is 0. The number of hydrogen-bond donors (Lipinski definition) is 2. The van der Waals surface area contributed by atoms with Crippen LogP contribution in [0.15, 0.2) is 30.4 Å². The zero-order valence-corrected chi connectivity index (χ0v) is 23.6. The van der Waals surface area contributed by atoms with Gasteiger partial charge in [0.25, 0.3) is 0 Å². The van der Waals surface area contributed by atoms with Gasteiger partial charge in [0.2, 0.25) is 0 Å². The second-order valence-corrected chi connectivity index (χ2v) is 14.1. The van der Waals surface area contributed by atoms with Crippen molar-refractivity contribution in [2.45, 2.75) is 105 Å². The van der Waals surface area contributed by atoms with Gasteiger partial charge in [-0.05, 0) is 115 Å². The Balaban J connectivity index is 1.27. The van der Waals surface area contributed by atoms with E-state index in [1.165, 1.54) is 51.4 Å². The van der Waals surface area contributed by atoms with Crippen molar-refractivity contribution >= 4 is 11.4 Å². The van der Waals surface area contributed by atoms with Gasteiger partial charge >= 0.3 is 0 Å². The molecule has 8 unspecified atom stereocenters. The van der Waals surface area contributed by atoms with Gasteiger partial charge in [-0.1, -0.05) is 66.0 Å². The predicted molar refractivity (Wildman–Crippen MR) is 153 cm³/mol. The van der Waals surface area contributed by atoms with Gasteiger partial charge in [0, 0.05) is 5.69 Å². The molecule has 200 valence electrons. The molecule has 0 saturated heterocycles. The highest BCUT2D eigenvalue weighted by molar-refractivity contribution is 5.60. The first-order chi connectivity index (χ1) is 17.1. The summed E-state index contributed by atoms with van der Waals surface area (Å²) in [4.78, 5) is 0.